The number of thiazole rings is 1. The number of hydrogen-bond acceptors (Lipinski definition) is 7. The van der Waals surface area contributed by atoms with Crippen LogP contribution in [0, 0.1) is 15.9 Å². The standard InChI is InChI=1S/C17H10FN5O4S/c18-9-1-4-12-14(5-9)28-17(20-12)21-15(24)7-22-8-19-13-6-10(23(26)27)2-3-11(13)16(22)25/h1-6,8H,7H2,(H,20,21,24). The number of non-ortho nitro benzene ring substituents is 1. The Morgan fingerprint density at radius 2 is 2.07 bits per heavy atom. The van der Waals surface area contributed by atoms with Crippen LogP contribution in [0.15, 0.2) is 47.5 Å². The third-order valence-electron chi connectivity index (χ3n) is 3.93. The van der Waals surface area contributed by atoms with Crippen LogP contribution in [-0.2, 0) is 11.3 Å². The fourth-order valence-corrected chi connectivity index (χ4v) is 3.55. The number of halogens is 1. The van der Waals surface area contributed by atoms with Crippen molar-refractivity contribution in [3.05, 3.63) is 69.0 Å². The smallest absolute Gasteiger partial charge is 0.271 e. The molecule has 1 amide bonds. The van der Waals surface area contributed by atoms with Gasteiger partial charge in [-0.1, -0.05) is 11.3 Å². The van der Waals surface area contributed by atoms with E-state index < -0.39 is 22.2 Å². The molecule has 0 aliphatic heterocycles. The second-order valence-corrected chi connectivity index (χ2v) is 6.85. The van der Waals surface area contributed by atoms with Gasteiger partial charge in [0, 0.05) is 12.1 Å². The fraction of sp³-hybridized carbons (Fsp3) is 0.0588. The molecule has 2 heterocycles. The molecular formula is C17H10FN5O4S. The number of hydrogen-bond donors (Lipinski definition) is 1. The molecule has 2 aromatic carbocycles. The molecule has 0 atom stereocenters. The average Bonchev–Trinajstić information content (AvgIpc) is 3.04. The van der Waals surface area contributed by atoms with Gasteiger partial charge in [0.05, 0.1) is 32.4 Å². The van der Waals surface area contributed by atoms with Gasteiger partial charge in [-0.15, -0.1) is 0 Å². The monoisotopic (exact) mass is 399 g/mol. The number of anilines is 1. The van der Waals surface area contributed by atoms with Crippen LogP contribution in [0.3, 0.4) is 0 Å². The largest absolute Gasteiger partial charge is 0.300 e. The second kappa shape index (κ2) is 6.78. The molecule has 0 bridgehead atoms. The highest BCUT2D eigenvalue weighted by atomic mass is 32.1. The molecule has 0 aliphatic carbocycles. The first-order chi connectivity index (χ1) is 13.4. The van der Waals surface area contributed by atoms with Crippen molar-refractivity contribution in [3.63, 3.8) is 0 Å². The minimum atomic E-state index is -0.579. The van der Waals surface area contributed by atoms with Crippen molar-refractivity contribution in [2.24, 2.45) is 0 Å². The number of nitro groups is 1. The normalized spacial score (nSPS) is 11.0. The number of nitro benzene ring substituents is 1. The van der Waals surface area contributed by atoms with Crippen LogP contribution in [0.4, 0.5) is 15.2 Å². The van der Waals surface area contributed by atoms with Gasteiger partial charge in [0.25, 0.3) is 11.2 Å². The molecule has 4 rings (SSSR count). The lowest BCUT2D eigenvalue weighted by molar-refractivity contribution is -0.384. The number of aromatic nitrogens is 3. The molecule has 0 aliphatic rings. The zero-order chi connectivity index (χ0) is 19.8. The van der Waals surface area contributed by atoms with Crippen molar-refractivity contribution < 1.29 is 14.1 Å². The minimum absolute atomic E-state index is 0.163. The first kappa shape index (κ1) is 17.7. The van der Waals surface area contributed by atoms with Gasteiger partial charge in [-0.2, -0.15) is 0 Å². The molecule has 4 aromatic rings. The van der Waals surface area contributed by atoms with Crippen LogP contribution < -0.4 is 10.9 Å². The molecule has 0 unspecified atom stereocenters. The second-order valence-electron chi connectivity index (χ2n) is 5.82. The van der Waals surface area contributed by atoms with E-state index in [2.05, 4.69) is 15.3 Å². The Hall–Kier alpha value is -3.73. The van der Waals surface area contributed by atoms with E-state index in [-0.39, 0.29) is 28.3 Å². The summed E-state index contributed by atoms with van der Waals surface area (Å²) in [6.07, 6.45) is 1.15. The number of rotatable bonds is 4. The quantitative estimate of drug-likeness (QED) is 0.416. The van der Waals surface area contributed by atoms with E-state index in [1.54, 1.807) is 0 Å². The number of carbonyl (C=O) groups excluding carboxylic acids is 1. The maximum atomic E-state index is 13.2. The summed E-state index contributed by atoms with van der Waals surface area (Å²) in [6, 6.07) is 7.81. The Bertz CT molecular complexity index is 1320. The van der Waals surface area contributed by atoms with Crippen LogP contribution in [0.25, 0.3) is 21.1 Å². The Kier molecular flexibility index (Phi) is 4.28. The summed E-state index contributed by atoms with van der Waals surface area (Å²) in [5.41, 5.74) is 0.0421. The Balaban J connectivity index is 1.57. The highest BCUT2D eigenvalue weighted by Gasteiger charge is 2.13. The Morgan fingerprint density at radius 1 is 1.25 bits per heavy atom. The molecule has 0 saturated heterocycles. The van der Waals surface area contributed by atoms with Crippen molar-refractivity contribution >= 4 is 49.2 Å². The van der Waals surface area contributed by atoms with Crippen LogP contribution in [-0.4, -0.2) is 25.4 Å². The molecule has 140 valence electrons. The summed E-state index contributed by atoms with van der Waals surface area (Å²) in [7, 11) is 0. The molecule has 0 spiro atoms. The van der Waals surface area contributed by atoms with Gasteiger partial charge < -0.3 is 5.32 Å². The first-order valence-corrected chi connectivity index (χ1v) is 8.72. The molecule has 28 heavy (non-hydrogen) atoms. The third-order valence-corrected chi connectivity index (χ3v) is 4.86. The summed E-state index contributed by atoms with van der Waals surface area (Å²) in [5, 5.41) is 13.8. The number of carbonyl (C=O) groups is 1. The van der Waals surface area contributed by atoms with Gasteiger partial charge in [-0.05, 0) is 24.3 Å². The topological polar surface area (TPSA) is 120 Å². The van der Waals surface area contributed by atoms with Crippen molar-refractivity contribution in [3.8, 4) is 0 Å². The van der Waals surface area contributed by atoms with Crippen LogP contribution in [0.2, 0.25) is 0 Å². The summed E-state index contributed by atoms with van der Waals surface area (Å²) in [5.74, 6) is -0.909. The highest BCUT2D eigenvalue weighted by Crippen LogP contribution is 2.26. The summed E-state index contributed by atoms with van der Waals surface area (Å²) in [4.78, 5) is 43.2. The zero-order valence-corrected chi connectivity index (χ0v) is 14.8. The van der Waals surface area contributed by atoms with Gasteiger partial charge in [0.2, 0.25) is 5.91 Å². The molecule has 0 saturated carbocycles. The van der Waals surface area contributed by atoms with E-state index in [4.69, 9.17) is 0 Å². The van der Waals surface area contributed by atoms with Gasteiger partial charge in [-0.3, -0.25) is 24.3 Å². The van der Waals surface area contributed by atoms with E-state index in [0.29, 0.717) is 10.2 Å². The van der Waals surface area contributed by atoms with Gasteiger partial charge >= 0.3 is 0 Å². The van der Waals surface area contributed by atoms with Crippen LogP contribution in [0.1, 0.15) is 0 Å². The number of benzene rings is 2. The van der Waals surface area contributed by atoms with Crippen molar-refractivity contribution in [1.82, 2.24) is 14.5 Å². The van der Waals surface area contributed by atoms with Crippen LogP contribution in [0.5, 0.6) is 0 Å². The van der Waals surface area contributed by atoms with Gasteiger partial charge in [-0.25, -0.2) is 14.4 Å². The molecule has 0 radical (unpaired) electrons. The fourth-order valence-electron chi connectivity index (χ4n) is 2.64. The predicted molar refractivity (Wildman–Crippen MR) is 101 cm³/mol. The molecule has 11 heteroatoms. The minimum Gasteiger partial charge on any atom is -0.300 e. The maximum Gasteiger partial charge on any atom is 0.271 e. The Morgan fingerprint density at radius 3 is 2.86 bits per heavy atom. The predicted octanol–water partition coefficient (Wildman–Crippen LogP) is 2.69. The van der Waals surface area contributed by atoms with Crippen molar-refractivity contribution in [1.29, 1.82) is 0 Å². The van der Waals surface area contributed by atoms with Gasteiger partial charge in [0.1, 0.15) is 12.4 Å². The number of fused-ring (bicyclic) bond motifs is 2. The summed E-state index contributed by atoms with van der Waals surface area (Å²) in [6.45, 7) is -0.316. The number of amides is 1. The molecule has 1 N–H and O–H groups in total. The van der Waals surface area contributed by atoms with E-state index >= 15 is 0 Å². The van der Waals surface area contributed by atoms with Crippen LogP contribution >= 0.6 is 11.3 Å². The van der Waals surface area contributed by atoms with E-state index in [9.17, 15) is 24.1 Å². The average molecular weight is 399 g/mol. The number of nitrogens with one attached hydrogen (secondary N) is 1. The van der Waals surface area contributed by atoms with Crippen molar-refractivity contribution in [2.45, 2.75) is 6.54 Å². The van der Waals surface area contributed by atoms with Gasteiger partial charge in [0.15, 0.2) is 5.13 Å². The highest BCUT2D eigenvalue weighted by molar-refractivity contribution is 7.22. The first-order valence-electron chi connectivity index (χ1n) is 7.90. The molecule has 9 nitrogen and oxygen atoms in total. The van der Waals surface area contributed by atoms with E-state index in [0.717, 1.165) is 22.2 Å². The third kappa shape index (κ3) is 3.30. The lowest BCUT2D eigenvalue weighted by atomic mass is 10.2. The zero-order valence-electron chi connectivity index (χ0n) is 14.0. The van der Waals surface area contributed by atoms with Crippen molar-refractivity contribution in [2.75, 3.05) is 5.32 Å². The Labute approximate surface area is 159 Å². The summed E-state index contributed by atoms with van der Waals surface area (Å²) < 4.78 is 14.9. The maximum absolute atomic E-state index is 13.2. The summed E-state index contributed by atoms with van der Waals surface area (Å²) >= 11 is 1.11. The molecular weight excluding hydrogens is 389 g/mol. The molecule has 2 aromatic heterocycles. The lowest BCUT2D eigenvalue weighted by Crippen LogP contribution is -2.27. The SMILES string of the molecule is O=C(Cn1cnc2cc([N+](=O)[O-])ccc2c1=O)Nc1nc2ccc(F)cc2s1. The van der Waals surface area contributed by atoms with E-state index in [1.807, 2.05) is 0 Å². The number of nitrogens with zero attached hydrogens (tertiary/aromatic N) is 4. The lowest BCUT2D eigenvalue weighted by Gasteiger charge is -2.06. The molecule has 0 fully saturated rings. The van der Waals surface area contributed by atoms with E-state index in [1.165, 1.54) is 36.4 Å².